The van der Waals surface area contributed by atoms with Gasteiger partial charge in [0.25, 0.3) is 0 Å². The molecule has 3 aromatic rings. The third-order valence-electron chi connectivity index (χ3n) is 5.64. The van der Waals surface area contributed by atoms with E-state index in [4.69, 9.17) is 9.47 Å². The normalized spacial score (nSPS) is 12.0. The second kappa shape index (κ2) is 14.2. The van der Waals surface area contributed by atoms with Crippen LogP contribution in [0.15, 0.2) is 91.0 Å². The molecule has 0 aromatic heterocycles. The van der Waals surface area contributed by atoms with Crippen LogP contribution in [0.1, 0.15) is 56.3 Å². The van der Waals surface area contributed by atoms with Gasteiger partial charge in [0.2, 0.25) is 0 Å². The summed E-state index contributed by atoms with van der Waals surface area (Å²) in [5.41, 5.74) is 4.84. The Bertz CT molecular complexity index is 1120. The van der Waals surface area contributed by atoms with Crippen molar-refractivity contribution in [3.8, 4) is 0 Å². The predicted octanol–water partition coefficient (Wildman–Crippen LogP) is 6.48. The van der Waals surface area contributed by atoms with Gasteiger partial charge in [-0.3, -0.25) is 10.6 Å². The third-order valence-corrected chi connectivity index (χ3v) is 5.64. The van der Waals surface area contributed by atoms with E-state index < -0.39 is 23.8 Å². The summed E-state index contributed by atoms with van der Waals surface area (Å²) in [7, 11) is 0. The molecular weight excluding hydrogens is 482 g/mol. The number of hydrogen-bond donors (Lipinski definition) is 2. The van der Waals surface area contributed by atoms with E-state index >= 15 is 0 Å². The highest BCUT2D eigenvalue weighted by Crippen LogP contribution is 2.25. The highest BCUT2D eigenvalue weighted by atomic mass is 16.6. The highest BCUT2D eigenvalue weighted by molar-refractivity contribution is 5.67. The van der Waals surface area contributed by atoms with Crippen molar-refractivity contribution in [2.24, 2.45) is 0 Å². The van der Waals surface area contributed by atoms with Gasteiger partial charge in [-0.2, -0.15) is 5.06 Å². The lowest BCUT2D eigenvalue weighted by atomic mass is 10.0. The standard InChI is InChI=1S/C30H37N3O5/c1-30(2,3)38-28(34)31-32(22-24-14-7-4-8-15-24)21-13-20-27(26-18-11-6-12-19-26)33(36)29(35)37-23-25-16-9-5-10-17-25/h4-12,14-19,27,36H,13,20-23H2,1-3H3,(H,31,34). The van der Waals surface area contributed by atoms with Crippen LogP contribution in [-0.4, -0.2) is 39.6 Å². The fourth-order valence-corrected chi connectivity index (χ4v) is 3.90. The van der Waals surface area contributed by atoms with Crippen molar-refractivity contribution >= 4 is 12.2 Å². The van der Waals surface area contributed by atoms with Crippen molar-refractivity contribution in [2.45, 2.75) is 58.4 Å². The summed E-state index contributed by atoms with van der Waals surface area (Å²) in [5, 5.41) is 13.3. The molecule has 0 aliphatic carbocycles. The van der Waals surface area contributed by atoms with E-state index in [1.807, 2.05) is 112 Å². The fraction of sp³-hybridized carbons (Fsp3) is 0.333. The Morgan fingerprint density at radius 2 is 1.42 bits per heavy atom. The second-order valence-corrected chi connectivity index (χ2v) is 9.97. The smallest absolute Gasteiger partial charge is 0.434 e. The minimum Gasteiger partial charge on any atom is -0.443 e. The van der Waals surface area contributed by atoms with Crippen LogP contribution in [0.2, 0.25) is 0 Å². The lowest BCUT2D eigenvalue weighted by Crippen LogP contribution is -2.45. The molecule has 3 rings (SSSR count). The predicted molar refractivity (Wildman–Crippen MR) is 145 cm³/mol. The zero-order valence-corrected chi connectivity index (χ0v) is 22.2. The molecule has 0 aliphatic rings. The zero-order valence-electron chi connectivity index (χ0n) is 22.2. The molecule has 0 radical (unpaired) electrons. The monoisotopic (exact) mass is 519 g/mol. The molecule has 2 N–H and O–H groups in total. The number of hydrogen-bond acceptors (Lipinski definition) is 6. The molecule has 0 heterocycles. The quantitative estimate of drug-likeness (QED) is 0.223. The molecule has 0 bridgehead atoms. The zero-order chi connectivity index (χ0) is 27.4. The first-order valence-corrected chi connectivity index (χ1v) is 12.7. The van der Waals surface area contributed by atoms with Gasteiger partial charge in [0, 0.05) is 13.1 Å². The summed E-state index contributed by atoms with van der Waals surface area (Å²) in [4.78, 5) is 25.2. The minimum atomic E-state index is -0.823. The topological polar surface area (TPSA) is 91.3 Å². The lowest BCUT2D eigenvalue weighted by Gasteiger charge is -2.28. The van der Waals surface area contributed by atoms with Crippen LogP contribution in [0, 0.1) is 0 Å². The average Bonchev–Trinajstić information content (AvgIpc) is 2.90. The van der Waals surface area contributed by atoms with Crippen molar-refractivity contribution in [3.05, 3.63) is 108 Å². The number of carbonyl (C=O) groups excluding carboxylic acids is 2. The van der Waals surface area contributed by atoms with Gasteiger partial charge in [0.15, 0.2) is 0 Å². The SMILES string of the molecule is CC(C)(C)OC(=O)NN(CCCC(c1ccccc1)N(O)C(=O)OCc1ccccc1)Cc1ccccc1. The van der Waals surface area contributed by atoms with Gasteiger partial charge in [-0.15, -0.1) is 0 Å². The Labute approximate surface area is 224 Å². The minimum absolute atomic E-state index is 0.0584. The van der Waals surface area contributed by atoms with Crippen LogP contribution in [0.25, 0.3) is 0 Å². The molecule has 8 nitrogen and oxygen atoms in total. The average molecular weight is 520 g/mol. The van der Waals surface area contributed by atoms with Gasteiger partial charge in [0.05, 0.1) is 6.04 Å². The van der Waals surface area contributed by atoms with E-state index in [9.17, 15) is 14.8 Å². The Morgan fingerprint density at radius 1 is 0.868 bits per heavy atom. The van der Waals surface area contributed by atoms with Crippen LogP contribution in [0.3, 0.4) is 0 Å². The molecule has 0 spiro atoms. The molecule has 8 heteroatoms. The van der Waals surface area contributed by atoms with Gasteiger partial charge in [-0.05, 0) is 50.3 Å². The first-order chi connectivity index (χ1) is 18.2. The van der Waals surface area contributed by atoms with Crippen LogP contribution < -0.4 is 5.43 Å². The third kappa shape index (κ3) is 9.88. The molecule has 1 atom stereocenters. The van der Waals surface area contributed by atoms with E-state index in [-0.39, 0.29) is 6.61 Å². The van der Waals surface area contributed by atoms with Crippen molar-refractivity contribution < 1.29 is 24.3 Å². The summed E-state index contributed by atoms with van der Waals surface area (Å²) in [6.45, 7) is 6.42. The van der Waals surface area contributed by atoms with Crippen LogP contribution in [-0.2, 0) is 22.6 Å². The van der Waals surface area contributed by atoms with E-state index in [0.717, 1.165) is 16.7 Å². The summed E-state index contributed by atoms with van der Waals surface area (Å²) in [6, 6.07) is 27.8. The molecule has 202 valence electrons. The largest absolute Gasteiger partial charge is 0.443 e. The van der Waals surface area contributed by atoms with E-state index in [1.165, 1.54) is 0 Å². The molecular formula is C30H37N3O5. The highest BCUT2D eigenvalue weighted by Gasteiger charge is 2.26. The summed E-state index contributed by atoms with van der Waals surface area (Å²) in [5.74, 6) is 0. The Kier molecular flexibility index (Phi) is 10.7. The molecule has 38 heavy (non-hydrogen) atoms. The number of benzene rings is 3. The number of amides is 2. The van der Waals surface area contributed by atoms with Crippen molar-refractivity contribution in [3.63, 3.8) is 0 Å². The molecule has 0 saturated heterocycles. The van der Waals surface area contributed by atoms with Crippen molar-refractivity contribution in [2.75, 3.05) is 6.54 Å². The van der Waals surface area contributed by atoms with Crippen molar-refractivity contribution in [1.82, 2.24) is 15.5 Å². The Hall–Kier alpha value is -3.88. The Balaban J connectivity index is 1.66. The number of carbonyl (C=O) groups is 2. The number of hydrazine groups is 1. The number of rotatable bonds is 11. The van der Waals surface area contributed by atoms with Crippen molar-refractivity contribution in [1.29, 1.82) is 0 Å². The molecule has 0 fully saturated rings. The van der Waals surface area contributed by atoms with E-state index in [2.05, 4.69) is 5.43 Å². The van der Waals surface area contributed by atoms with E-state index in [0.29, 0.717) is 31.0 Å². The molecule has 0 aliphatic heterocycles. The van der Waals surface area contributed by atoms with Gasteiger partial charge >= 0.3 is 12.2 Å². The van der Waals surface area contributed by atoms with Gasteiger partial charge < -0.3 is 9.47 Å². The molecule has 0 saturated carbocycles. The number of nitrogens with one attached hydrogen (secondary N) is 1. The van der Waals surface area contributed by atoms with Crippen LogP contribution in [0.5, 0.6) is 0 Å². The maximum atomic E-state index is 12.7. The first-order valence-electron chi connectivity index (χ1n) is 12.7. The number of hydroxylamine groups is 2. The van der Waals surface area contributed by atoms with Gasteiger partial charge in [0.1, 0.15) is 12.2 Å². The summed E-state index contributed by atoms with van der Waals surface area (Å²) >= 11 is 0. The second-order valence-electron chi connectivity index (χ2n) is 9.97. The fourth-order valence-electron chi connectivity index (χ4n) is 3.90. The lowest BCUT2D eigenvalue weighted by molar-refractivity contribution is -0.110. The van der Waals surface area contributed by atoms with Crippen LogP contribution in [0.4, 0.5) is 9.59 Å². The number of ether oxygens (including phenoxy) is 2. The summed E-state index contributed by atoms with van der Waals surface area (Å²) in [6.07, 6.45) is -0.370. The maximum Gasteiger partial charge on any atom is 0.434 e. The Morgan fingerprint density at radius 3 is 2.00 bits per heavy atom. The van der Waals surface area contributed by atoms with Gasteiger partial charge in [-0.1, -0.05) is 91.0 Å². The molecule has 2 amide bonds. The summed E-state index contributed by atoms with van der Waals surface area (Å²) < 4.78 is 10.8. The first kappa shape index (κ1) is 28.7. The maximum absolute atomic E-state index is 12.7. The molecule has 1 unspecified atom stereocenters. The number of nitrogens with zero attached hydrogens (tertiary/aromatic N) is 2. The van der Waals surface area contributed by atoms with E-state index in [1.54, 1.807) is 5.01 Å². The van der Waals surface area contributed by atoms with Gasteiger partial charge in [-0.25, -0.2) is 14.6 Å². The molecule has 3 aromatic carbocycles. The van der Waals surface area contributed by atoms with Crippen LogP contribution >= 0.6 is 0 Å².